The van der Waals surface area contributed by atoms with Crippen molar-refractivity contribution in [2.75, 3.05) is 24.8 Å². The molecule has 1 aromatic heterocycles. The SMILES string of the molecule is Cc1cc(N2CC[C@@H](c3ccc4c(c3)OCO4)[C@H](O)C2)nc(-c2ccccc2)n1. The van der Waals surface area contributed by atoms with Gasteiger partial charge in [0.2, 0.25) is 6.79 Å². The molecule has 6 nitrogen and oxygen atoms in total. The molecule has 3 heterocycles. The number of fused-ring (bicyclic) bond motifs is 1. The number of aromatic nitrogens is 2. The van der Waals surface area contributed by atoms with E-state index in [4.69, 9.17) is 14.5 Å². The summed E-state index contributed by atoms with van der Waals surface area (Å²) < 4.78 is 10.9. The van der Waals surface area contributed by atoms with E-state index >= 15 is 0 Å². The van der Waals surface area contributed by atoms with Gasteiger partial charge in [0.15, 0.2) is 17.3 Å². The smallest absolute Gasteiger partial charge is 0.231 e. The van der Waals surface area contributed by atoms with Gasteiger partial charge in [-0.05, 0) is 31.0 Å². The number of rotatable bonds is 3. The molecular weight excluding hydrogens is 366 g/mol. The largest absolute Gasteiger partial charge is 0.454 e. The molecule has 2 aliphatic heterocycles. The van der Waals surface area contributed by atoms with Crippen LogP contribution in [0.3, 0.4) is 0 Å². The van der Waals surface area contributed by atoms with Gasteiger partial charge in [0.05, 0.1) is 6.10 Å². The van der Waals surface area contributed by atoms with Gasteiger partial charge in [0.25, 0.3) is 0 Å². The minimum atomic E-state index is -0.487. The number of ether oxygens (including phenoxy) is 2. The summed E-state index contributed by atoms with van der Waals surface area (Å²) in [6.45, 7) is 3.59. The molecule has 29 heavy (non-hydrogen) atoms. The van der Waals surface area contributed by atoms with Gasteiger partial charge in [0.1, 0.15) is 5.82 Å². The molecule has 3 aromatic rings. The Morgan fingerprint density at radius 2 is 1.83 bits per heavy atom. The lowest BCUT2D eigenvalue weighted by molar-refractivity contribution is 0.129. The lowest BCUT2D eigenvalue weighted by atomic mass is 9.87. The van der Waals surface area contributed by atoms with Gasteiger partial charge in [-0.3, -0.25) is 0 Å². The molecule has 6 heteroatoms. The maximum atomic E-state index is 10.9. The van der Waals surface area contributed by atoms with E-state index in [-0.39, 0.29) is 12.7 Å². The normalized spacial score (nSPS) is 20.7. The Morgan fingerprint density at radius 1 is 1.00 bits per heavy atom. The molecular formula is C23H23N3O3. The summed E-state index contributed by atoms with van der Waals surface area (Å²) in [5, 5.41) is 10.9. The zero-order chi connectivity index (χ0) is 19.8. The molecule has 2 aromatic carbocycles. The third-order valence-corrected chi connectivity index (χ3v) is 5.60. The maximum absolute atomic E-state index is 10.9. The van der Waals surface area contributed by atoms with Crippen molar-refractivity contribution in [3.8, 4) is 22.9 Å². The minimum Gasteiger partial charge on any atom is -0.454 e. The van der Waals surface area contributed by atoms with Crippen molar-refractivity contribution in [2.45, 2.75) is 25.4 Å². The summed E-state index contributed by atoms with van der Waals surface area (Å²) >= 11 is 0. The summed E-state index contributed by atoms with van der Waals surface area (Å²) in [7, 11) is 0. The second-order valence-corrected chi connectivity index (χ2v) is 7.58. The van der Waals surface area contributed by atoms with Crippen LogP contribution in [-0.2, 0) is 0 Å². The van der Waals surface area contributed by atoms with Crippen LogP contribution in [0.1, 0.15) is 23.6 Å². The molecule has 2 aliphatic rings. The summed E-state index contributed by atoms with van der Waals surface area (Å²) in [4.78, 5) is 11.5. The third kappa shape index (κ3) is 3.51. The van der Waals surface area contributed by atoms with E-state index in [2.05, 4.69) is 9.88 Å². The number of benzene rings is 2. The molecule has 2 atom stereocenters. The van der Waals surface area contributed by atoms with Crippen molar-refractivity contribution in [2.24, 2.45) is 0 Å². The van der Waals surface area contributed by atoms with Crippen molar-refractivity contribution >= 4 is 5.82 Å². The number of hydrogen-bond acceptors (Lipinski definition) is 6. The van der Waals surface area contributed by atoms with Gasteiger partial charge >= 0.3 is 0 Å². The van der Waals surface area contributed by atoms with Crippen LogP contribution in [0.25, 0.3) is 11.4 Å². The minimum absolute atomic E-state index is 0.0669. The second-order valence-electron chi connectivity index (χ2n) is 7.58. The van der Waals surface area contributed by atoms with Crippen LogP contribution in [0.2, 0.25) is 0 Å². The molecule has 148 valence electrons. The summed E-state index contributed by atoms with van der Waals surface area (Å²) in [5.41, 5.74) is 3.00. The Labute approximate surface area is 169 Å². The van der Waals surface area contributed by atoms with Gasteiger partial charge in [0, 0.05) is 36.3 Å². The zero-order valence-corrected chi connectivity index (χ0v) is 16.3. The molecule has 0 saturated carbocycles. The average molecular weight is 389 g/mol. The first-order chi connectivity index (χ1) is 14.2. The van der Waals surface area contributed by atoms with Crippen molar-refractivity contribution < 1.29 is 14.6 Å². The number of piperidine rings is 1. The first kappa shape index (κ1) is 17.9. The fourth-order valence-electron chi connectivity index (χ4n) is 4.10. The Morgan fingerprint density at radius 3 is 2.66 bits per heavy atom. The van der Waals surface area contributed by atoms with Gasteiger partial charge in [-0.15, -0.1) is 0 Å². The van der Waals surface area contributed by atoms with Crippen LogP contribution in [-0.4, -0.2) is 41.1 Å². The summed E-state index contributed by atoms with van der Waals surface area (Å²) in [6.07, 6.45) is 0.351. The quantitative estimate of drug-likeness (QED) is 0.739. The van der Waals surface area contributed by atoms with Crippen LogP contribution in [0.5, 0.6) is 11.5 Å². The molecule has 5 rings (SSSR count). The number of aliphatic hydroxyl groups is 1. The van der Waals surface area contributed by atoms with E-state index in [1.165, 1.54) is 0 Å². The van der Waals surface area contributed by atoms with E-state index in [9.17, 15) is 5.11 Å². The highest BCUT2D eigenvalue weighted by Crippen LogP contribution is 2.38. The molecule has 1 saturated heterocycles. The lowest BCUT2D eigenvalue weighted by Gasteiger charge is -2.37. The summed E-state index contributed by atoms with van der Waals surface area (Å²) in [6, 6.07) is 17.9. The average Bonchev–Trinajstić information content (AvgIpc) is 3.22. The summed E-state index contributed by atoms with van der Waals surface area (Å²) in [5.74, 6) is 3.17. The van der Waals surface area contributed by atoms with Crippen LogP contribution in [0.4, 0.5) is 5.82 Å². The van der Waals surface area contributed by atoms with Crippen LogP contribution >= 0.6 is 0 Å². The van der Waals surface area contributed by atoms with E-state index in [1.807, 2.05) is 61.5 Å². The Bertz CT molecular complexity index is 1030. The van der Waals surface area contributed by atoms with E-state index in [0.717, 1.165) is 47.1 Å². The van der Waals surface area contributed by atoms with Gasteiger partial charge in [-0.2, -0.15) is 0 Å². The monoisotopic (exact) mass is 389 g/mol. The number of nitrogens with zero attached hydrogens (tertiary/aromatic N) is 3. The van der Waals surface area contributed by atoms with Crippen LogP contribution < -0.4 is 14.4 Å². The topological polar surface area (TPSA) is 67.7 Å². The van der Waals surface area contributed by atoms with E-state index in [1.54, 1.807) is 0 Å². The molecule has 0 aliphatic carbocycles. The molecule has 0 amide bonds. The predicted molar refractivity (Wildman–Crippen MR) is 110 cm³/mol. The van der Waals surface area contributed by atoms with Gasteiger partial charge in [-0.1, -0.05) is 36.4 Å². The number of β-amino-alcohol motifs (C(OH)–C–C–N with tert-alkyl or cyclic N) is 1. The highest BCUT2D eigenvalue weighted by atomic mass is 16.7. The molecule has 0 radical (unpaired) electrons. The molecule has 1 fully saturated rings. The van der Waals surface area contributed by atoms with Crippen LogP contribution in [0.15, 0.2) is 54.6 Å². The predicted octanol–water partition coefficient (Wildman–Crippen LogP) is 3.54. The Kier molecular flexibility index (Phi) is 4.56. The number of hydrogen-bond donors (Lipinski definition) is 1. The molecule has 0 unspecified atom stereocenters. The first-order valence-electron chi connectivity index (χ1n) is 9.91. The molecule has 1 N–H and O–H groups in total. The van der Waals surface area contributed by atoms with E-state index < -0.39 is 6.10 Å². The molecule has 0 bridgehead atoms. The van der Waals surface area contributed by atoms with E-state index in [0.29, 0.717) is 12.4 Å². The standard InChI is InChI=1S/C23H23N3O3/c1-15-11-22(25-23(24-15)16-5-3-2-4-6-16)26-10-9-18(19(27)13-26)17-7-8-20-21(12-17)29-14-28-20/h2-8,11-12,18-19,27H,9-10,13-14H2,1H3/t18-,19+/m0/s1. The zero-order valence-electron chi connectivity index (χ0n) is 16.3. The first-order valence-corrected chi connectivity index (χ1v) is 9.91. The highest BCUT2D eigenvalue weighted by Gasteiger charge is 2.31. The number of anilines is 1. The number of aryl methyl sites for hydroxylation is 1. The van der Waals surface area contributed by atoms with Gasteiger partial charge < -0.3 is 19.5 Å². The Hall–Kier alpha value is -3.12. The van der Waals surface area contributed by atoms with Crippen molar-refractivity contribution in [3.05, 3.63) is 65.9 Å². The highest BCUT2D eigenvalue weighted by molar-refractivity contribution is 5.58. The van der Waals surface area contributed by atoms with Crippen molar-refractivity contribution in [1.29, 1.82) is 0 Å². The third-order valence-electron chi connectivity index (χ3n) is 5.60. The van der Waals surface area contributed by atoms with Crippen LogP contribution in [0, 0.1) is 6.92 Å². The lowest BCUT2D eigenvalue weighted by Crippen LogP contribution is -2.43. The van der Waals surface area contributed by atoms with Crippen molar-refractivity contribution in [1.82, 2.24) is 9.97 Å². The second kappa shape index (κ2) is 7.37. The number of aliphatic hydroxyl groups excluding tert-OH is 1. The fraction of sp³-hybridized carbons (Fsp3) is 0.304. The molecule has 0 spiro atoms. The fourth-order valence-corrected chi connectivity index (χ4v) is 4.10. The van der Waals surface area contributed by atoms with Crippen molar-refractivity contribution in [3.63, 3.8) is 0 Å². The Balaban J connectivity index is 1.36. The van der Waals surface area contributed by atoms with Gasteiger partial charge in [-0.25, -0.2) is 9.97 Å². The maximum Gasteiger partial charge on any atom is 0.231 e.